The van der Waals surface area contributed by atoms with E-state index in [-0.39, 0.29) is 0 Å². The van der Waals surface area contributed by atoms with Gasteiger partial charge in [-0.3, -0.25) is 4.68 Å². The van der Waals surface area contributed by atoms with Crippen LogP contribution in [0.2, 0.25) is 0 Å². The normalized spacial score (nSPS) is 11.3. The summed E-state index contributed by atoms with van der Waals surface area (Å²) in [6, 6.07) is 1.93. The smallest absolute Gasteiger partial charge is 0.140 e. The summed E-state index contributed by atoms with van der Waals surface area (Å²) in [6.07, 6.45) is 5.37. The molecule has 6 nitrogen and oxygen atoms in total. The monoisotopic (exact) mass is 248 g/mol. The van der Waals surface area contributed by atoms with E-state index in [1.807, 2.05) is 21.6 Å². The van der Waals surface area contributed by atoms with Crippen LogP contribution in [0.4, 0.5) is 0 Å². The molecule has 0 spiro atoms. The van der Waals surface area contributed by atoms with Crippen molar-refractivity contribution in [3.8, 4) is 0 Å². The van der Waals surface area contributed by atoms with Crippen molar-refractivity contribution in [1.82, 2.24) is 29.9 Å². The van der Waals surface area contributed by atoms with Gasteiger partial charge in [0, 0.05) is 25.5 Å². The van der Waals surface area contributed by atoms with Crippen LogP contribution in [0.15, 0.2) is 24.8 Å². The van der Waals surface area contributed by atoms with Crippen molar-refractivity contribution in [2.24, 2.45) is 5.92 Å². The topological polar surface area (TPSA) is 60.6 Å². The van der Waals surface area contributed by atoms with Crippen molar-refractivity contribution in [3.63, 3.8) is 0 Å². The Morgan fingerprint density at radius 1 is 1.33 bits per heavy atom. The highest BCUT2D eigenvalue weighted by atomic mass is 15.3. The Morgan fingerprint density at radius 2 is 2.22 bits per heavy atom. The number of rotatable bonds is 7. The molecule has 18 heavy (non-hydrogen) atoms. The second-order valence-electron chi connectivity index (χ2n) is 4.70. The van der Waals surface area contributed by atoms with Crippen LogP contribution in [-0.2, 0) is 19.6 Å². The summed E-state index contributed by atoms with van der Waals surface area (Å²) in [7, 11) is 0. The molecule has 0 bridgehead atoms. The van der Waals surface area contributed by atoms with Crippen LogP contribution in [0.3, 0.4) is 0 Å². The molecule has 1 N–H and O–H groups in total. The van der Waals surface area contributed by atoms with Gasteiger partial charge in [-0.2, -0.15) is 10.2 Å². The van der Waals surface area contributed by atoms with E-state index in [1.54, 1.807) is 12.5 Å². The zero-order valence-electron chi connectivity index (χ0n) is 11.0. The van der Waals surface area contributed by atoms with Crippen LogP contribution in [0.5, 0.6) is 0 Å². The van der Waals surface area contributed by atoms with Crippen LogP contribution in [-0.4, -0.2) is 31.1 Å². The van der Waals surface area contributed by atoms with E-state index < -0.39 is 0 Å². The van der Waals surface area contributed by atoms with Crippen molar-refractivity contribution in [2.45, 2.75) is 33.5 Å². The fourth-order valence-electron chi connectivity index (χ4n) is 1.75. The van der Waals surface area contributed by atoms with Gasteiger partial charge in [-0.05, 0) is 12.0 Å². The average Bonchev–Trinajstić information content (AvgIpc) is 2.95. The van der Waals surface area contributed by atoms with E-state index in [2.05, 4.69) is 34.3 Å². The molecule has 2 aromatic heterocycles. The third-order valence-electron chi connectivity index (χ3n) is 2.59. The molecule has 2 heterocycles. The first kappa shape index (κ1) is 12.8. The number of nitrogens with zero attached hydrogens (tertiary/aromatic N) is 5. The number of aromatic nitrogens is 5. The zero-order chi connectivity index (χ0) is 12.8. The fourth-order valence-corrected chi connectivity index (χ4v) is 1.75. The predicted molar refractivity (Wildman–Crippen MR) is 68.8 cm³/mol. The molecule has 0 saturated heterocycles. The Morgan fingerprint density at radius 3 is 2.94 bits per heavy atom. The van der Waals surface area contributed by atoms with E-state index >= 15 is 0 Å². The molecular formula is C12H20N6. The van der Waals surface area contributed by atoms with Gasteiger partial charge in [0.2, 0.25) is 0 Å². The number of hydrogen-bond donors (Lipinski definition) is 1. The summed E-state index contributed by atoms with van der Waals surface area (Å²) >= 11 is 0. The van der Waals surface area contributed by atoms with E-state index in [9.17, 15) is 0 Å². The number of hydrogen-bond acceptors (Lipinski definition) is 4. The van der Waals surface area contributed by atoms with Crippen molar-refractivity contribution < 1.29 is 0 Å². The van der Waals surface area contributed by atoms with Gasteiger partial charge in [0.1, 0.15) is 12.2 Å². The lowest BCUT2D eigenvalue weighted by atomic mass is 10.2. The Hall–Kier alpha value is -1.69. The molecule has 0 amide bonds. The maximum absolute atomic E-state index is 4.27. The van der Waals surface area contributed by atoms with E-state index in [0.717, 1.165) is 32.0 Å². The minimum absolute atomic E-state index is 0.578. The first-order valence-electron chi connectivity index (χ1n) is 6.30. The quantitative estimate of drug-likeness (QED) is 0.740. The average molecular weight is 248 g/mol. The summed E-state index contributed by atoms with van der Waals surface area (Å²) in [5.41, 5.74) is 0. The van der Waals surface area contributed by atoms with Crippen LogP contribution >= 0.6 is 0 Å². The second-order valence-corrected chi connectivity index (χ2v) is 4.70. The molecule has 2 aromatic rings. The van der Waals surface area contributed by atoms with E-state index in [0.29, 0.717) is 5.92 Å². The molecule has 0 unspecified atom stereocenters. The minimum Gasteiger partial charge on any atom is -0.308 e. The lowest BCUT2D eigenvalue weighted by Gasteiger charge is -2.09. The Bertz CT molecular complexity index is 445. The van der Waals surface area contributed by atoms with Gasteiger partial charge >= 0.3 is 0 Å². The summed E-state index contributed by atoms with van der Waals surface area (Å²) in [6.45, 7) is 7.75. The largest absolute Gasteiger partial charge is 0.308 e. The van der Waals surface area contributed by atoms with Crippen molar-refractivity contribution in [3.05, 3.63) is 30.6 Å². The standard InChI is InChI=1S/C12H20N6/c1-11(2)9-18-12(14-10-16-18)8-13-5-7-17-6-3-4-15-17/h3-4,6,10-11,13H,5,7-9H2,1-2H3. The molecule has 0 aliphatic rings. The van der Waals surface area contributed by atoms with Gasteiger partial charge in [-0.25, -0.2) is 9.67 Å². The van der Waals surface area contributed by atoms with Gasteiger partial charge in [-0.15, -0.1) is 0 Å². The Labute approximate surface area is 107 Å². The SMILES string of the molecule is CC(C)Cn1ncnc1CNCCn1cccn1. The molecule has 0 atom stereocenters. The predicted octanol–water partition coefficient (Wildman–Crippen LogP) is 0.920. The van der Waals surface area contributed by atoms with Gasteiger partial charge in [0.15, 0.2) is 0 Å². The molecule has 2 rings (SSSR count). The lowest BCUT2D eigenvalue weighted by Crippen LogP contribution is -2.22. The fraction of sp³-hybridized carbons (Fsp3) is 0.583. The summed E-state index contributed by atoms with van der Waals surface area (Å²) in [4.78, 5) is 4.27. The second kappa shape index (κ2) is 6.30. The lowest BCUT2D eigenvalue weighted by molar-refractivity contribution is 0.453. The Balaban J connectivity index is 1.74. The minimum atomic E-state index is 0.578. The number of nitrogens with one attached hydrogen (secondary N) is 1. The highest BCUT2D eigenvalue weighted by Gasteiger charge is 2.05. The molecular weight excluding hydrogens is 228 g/mol. The van der Waals surface area contributed by atoms with Gasteiger partial charge in [0.05, 0.1) is 13.1 Å². The molecule has 98 valence electrons. The third kappa shape index (κ3) is 3.66. The van der Waals surface area contributed by atoms with Crippen molar-refractivity contribution in [2.75, 3.05) is 6.54 Å². The molecule has 0 saturated carbocycles. The molecule has 0 aromatic carbocycles. The molecule has 0 aliphatic carbocycles. The molecule has 6 heteroatoms. The summed E-state index contributed by atoms with van der Waals surface area (Å²) in [5, 5.41) is 11.7. The summed E-state index contributed by atoms with van der Waals surface area (Å²) < 4.78 is 3.87. The highest BCUT2D eigenvalue weighted by Crippen LogP contribution is 2.00. The van der Waals surface area contributed by atoms with Crippen molar-refractivity contribution in [1.29, 1.82) is 0 Å². The van der Waals surface area contributed by atoms with Crippen LogP contribution in [0.25, 0.3) is 0 Å². The maximum Gasteiger partial charge on any atom is 0.140 e. The third-order valence-corrected chi connectivity index (χ3v) is 2.59. The van der Waals surface area contributed by atoms with E-state index in [1.165, 1.54) is 0 Å². The van der Waals surface area contributed by atoms with E-state index in [4.69, 9.17) is 0 Å². The summed E-state index contributed by atoms with van der Waals surface area (Å²) in [5.74, 6) is 1.57. The molecule has 0 aliphatic heterocycles. The molecule has 0 fully saturated rings. The van der Waals surface area contributed by atoms with Crippen LogP contribution in [0.1, 0.15) is 19.7 Å². The van der Waals surface area contributed by atoms with Gasteiger partial charge in [0.25, 0.3) is 0 Å². The first-order valence-corrected chi connectivity index (χ1v) is 6.30. The van der Waals surface area contributed by atoms with Crippen LogP contribution in [0, 0.1) is 5.92 Å². The highest BCUT2D eigenvalue weighted by molar-refractivity contribution is 4.84. The van der Waals surface area contributed by atoms with Gasteiger partial charge < -0.3 is 5.32 Å². The zero-order valence-corrected chi connectivity index (χ0v) is 11.0. The van der Waals surface area contributed by atoms with Crippen molar-refractivity contribution >= 4 is 0 Å². The first-order chi connectivity index (χ1) is 8.75. The van der Waals surface area contributed by atoms with Gasteiger partial charge in [-0.1, -0.05) is 13.8 Å². The van der Waals surface area contributed by atoms with Crippen LogP contribution < -0.4 is 5.32 Å². The molecule has 0 radical (unpaired) electrons. The Kier molecular flexibility index (Phi) is 4.46. The maximum atomic E-state index is 4.27.